The fourth-order valence-corrected chi connectivity index (χ4v) is 5.02. The molecule has 2 saturated heterocycles. The lowest BCUT2D eigenvalue weighted by atomic mass is 9.77. The summed E-state index contributed by atoms with van der Waals surface area (Å²) in [7, 11) is 0. The van der Waals surface area contributed by atoms with Crippen LogP contribution in [0.5, 0.6) is 0 Å². The van der Waals surface area contributed by atoms with Crippen molar-refractivity contribution in [2.24, 2.45) is 5.92 Å². The normalized spacial score (nSPS) is 33.5. The Morgan fingerprint density at radius 2 is 2.00 bits per heavy atom. The van der Waals surface area contributed by atoms with Gasteiger partial charge in [0.05, 0.1) is 0 Å². The van der Waals surface area contributed by atoms with E-state index in [2.05, 4.69) is 6.58 Å². The molecule has 10 heteroatoms. The lowest BCUT2D eigenvalue weighted by molar-refractivity contribution is -0.374. The van der Waals surface area contributed by atoms with Gasteiger partial charge in [0.1, 0.15) is 25.0 Å². The largest absolute Gasteiger partial charge is 0.479 e. The van der Waals surface area contributed by atoms with Crippen molar-refractivity contribution in [3.05, 3.63) is 48.0 Å². The van der Waals surface area contributed by atoms with Crippen molar-refractivity contribution in [1.82, 2.24) is 0 Å². The lowest BCUT2D eigenvalue weighted by Gasteiger charge is -2.49. The van der Waals surface area contributed by atoms with Crippen LogP contribution in [0.2, 0.25) is 0 Å². The van der Waals surface area contributed by atoms with Gasteiger partial charge in [0.25, 0.3) is 0 Å². The van der Waals surface area contributed by atoms with Crippen molar-refractivity contribution in [3.8, 4) is 0 Å². The highest BCUT2D eigenvalue weighted by Gasteiger charge is 2.76. The second-order valence-electron chi connectivity index (χ2n) is 9.33. The topological polar surface area (TPSA) is 140 Å². The molecule has 9 nitrogen and oxygen atoms in total. The maximum atomic E-state index is 13.8. The van der Waals surface area contributed by atoms with Crippen LogP contribution in [0.25, 0.3) is 0 Å². The molecule has 1 aromatic rings. The second-order valence-corrected chi connectivity index (χ2v) is 9.33. The molecule has 0 aromatic heterocycles. The van der Waals surface area contributed by atoms with Crippen molar-refractivity contribution in [3.63, 3.8) is 0 Å². The van der Waals surface area contributed by atoms with Crippen LogP contribution in [-0.4, -0.2) is 75.5 Å². The number of carboxylic acid groups (broad SMARTS) is 1. The van der Waals surface area contributed by atoms with Gasteiger partial charge in [0.15, 0.2) is 17.7 Å². The third-order valence-electron chi connectivity index (χ3n) is 6.89. The maximum absolute atomic E-state index is 13.8. The Hall–Kier alpha value is -2.66. The molecule has 35 heavy (non-hydrogen) atoms. The molecule has 2 aliphatic rings. The summed E-state index contributed by atoms with van der Waals surface area (Å²) in [5.41, 5.74) is -3.94. The van der Waals surface area contributed by atoms with E-state index in [1.807, 2.05) is 37.3 Å². The number of benzene rings is 1. The number of halogens is 1. The van der Waals surface area contributed by atoms with Crippen molar-refractivity contribution < 1.29 is 48.3 Å². The average molecular weight is 495 g/mol. The van der Waals surface area contributed by atoms with Crippen LogP contribution in [0.3, 0.4) is 0 Å². The molecule has 3 N–H and O–H groups in total. The number of aliphatic hydroxyl groups excluding tert-OH is 1. The molecular formula is C25H31FO9. The number of fused-ring (bicyclic) bond motifs is 2. The number of aliphatic hydroxyl groups is 2. The third-order valence-corrected chi connectivity index (χ3v) is 6.89. The van der Waals surface area contributed by atoms with Crippen molar-refractivity contribution in [2.75, 3.05) is 6.67 Å². The second kappa shape index (κ2) is 10.1. The zero-order valence-corrected chi connectivity index (χ0v) is 19.7. The first-order chi connectivity index (χ1) is 16.4. The number of hydrogen-bond donors (Lipinski definition) is 3. The van der Waals surface area contributed by atoms with Crippen molar-refractivity contribution in [2.45, 2.75) is 74.8 Å². The van der Waals surface area contributed by atoms with Gasteiger partial charge in [0, 0.05) is 25.7 Å². The van der Waals surface area contributed by atoms with Crippen LogP contribution in [-0.2, 0) is 35.0 Å². The van der Waals surface area contributed by atoms with Gasteiger partial charge in [-0.15, -0.1) is 0 Å². The Kier molecular flexibility index (Phi) is 7.80. The van der Waals surface area contributed by atoms with E-state index in [4.69, 9.17) is 14.2 Å². The smallest absolute Gasteiger partial charge is 0.339 e. The molecule has 0 radical (unpaired) electrons. The summed E-state index contributed by atoms with van der Waals surface area (Å²) in [5, 5.41) is 31.3. The Labute approximate surface area is 202 Å². The van der Waals surface area contributed by atoms with Crippen LogP contribution in [0.4, 0.5) is 4.39 Å². The van der Waals surface area contributed by atoms with Crippen LogP contribution >= 0.6 is 0 Å². The summed E-state index contributed by atoms with van der Waals surface area (Å²) in [6.45, 7) is 5.81. The molecule has 0 aliphatic carbocycles. The van der Waals surface area contributed by atoms with E-state index < -0.39 is 60.3 Å². The number of alkyl halides is 1. The summed E-state index contributed by atoms with van der Waals surface area (Å²) in [6.07, 6.45) is -4.49. The van der Waals surface area contributed by atoms with Gasteiger partial charge in [-0.1, -0.05) is 43.8 Å². The van der Waals surface area contributed by atoms with E-state index >= 15 is 0 Å². The van der Waals surface area contributed by atoms with Crippen molar-refractivity contribution >= 4 is 18.2 Å². The minimum atomic E-state index is -2.84. The lowest BCUT2D eigenvalue weighted by Crippen LogP contribution is -2.72. The van der Waals surface area contributed by atoms with Crippen molar-refractivity contribution in [1.29, 1.82) is 0 Å². The standard InChI is InChI=1S/C25H31FO9/c1-15(21(33-17(3)28)16(2)11-18-7-5-4-6-8-18)9-10-25-19(29)12-24(35-25,22(30)31)23(32,14-27)20(13-26)34-25/h4-8,14,16,19-21,29,32H,1,9-13H2,2-3H3,(H,30,31)/t16-,19-,20?,21-,23?,24?,25?/m1/s1. The van der Waals surface area contributed by atoms with Gasteiger partial charge in [-0.05, 0) is 24.0 Å². The van der Waals surface area contributed by atoms with E-state index in [0.29, 0.717) is 12.0 Å². The molecule has 4 unspecified atom stereocenters. The minimum absolute atomic E-state index is 0.0579. The first-order valence-electron chi connectivity index (χ1n) is 11.4. The Bertz CT molecular complexity index is 969. The number of carboxylic acids is 1. The molecular weight excluding hydrogens is 463 g/mol. The molecule has 2 aliphatic heterocycles. The molecule has 2 bridgehead atoms. The average Bonchev–Trinajstić information content (AvgIpc) is 3.09. The van der Waals surface area contributed by atoms with E-state index in [1.165, 1.54) is 6.92 Å². The first kappa shape index (κ1) is 26.9. The predicted molar refractivity (Wildman–Crippen MR) is 120 cm³/mol. The number of aldehydes is 1. The number of rotatable bonds is 11. The fourth-order valence-electron chi connectivity index (χ4n) is 5.02. The predicted octanol–water partition coefficient (Wildman–Crippen LogP) is 1.73. The Balaban J connectivity index is 1.82. The number of ether oxygens (including phenoxy) is 3. The van der Waals surface area contributed by atoms with Gasteiger partial charge in [-0.25, -0.2) is 9.18 Å². The summed E-state index contributed by atoms with van der Waals surface area (Å²) in [4.78, 5) is 35.5. The Morgan fingerprint density at radius 1 is 1.34 bits per heavy atom. The molecule has 2 fully saturated rings. The van der Waals surface area contributed by atoms with Gasteiger partial charge in [0.2, 0.25) is 5.60 Å². The first-order valence-corrected chi connectivity index (χ1v) is 11.4. The SMILES string of the molecule is C=C(CCC12OC(CF)C(O)(C=O)C(C(=O)O)(C[C@H]1O)O2)[C@@H](OC(C)=O)[C@H](C)Cc1ccccc1. The molecule has 2 heterocycles. The summed E-state index contributed by atoms with van der Waals surface area (Å²) >= 11 is 0. The van der Waals surface area contributed by atoms with Crippen LogP contribution in [0.15, 0.2) is 42.5 Å². The molecule has 192 valence electrons. The van der Waals surface area contributed by atoms with E-state index in [0.717, 1.165) is 5.56 Å². The summed E-state index contributed by atoms with van der Waals surface area (Å²) < 4.78 is 30.4. The zero-order valence-electron chi connectivity index (χ0n) is 19.7. The molecule has 7 atom stereocenters. The zero-order chi connectivity index (χ0) is 26.0. The number of carbonyl (C=O) groups is 3. The highest BCUT2D eigenvalue weighted by molar-refractivity contribution is 5.87. The monoisotopic (exact) mass is 494 g/mol. The Morgan fingerprint density at radius 3 is 2.54 bits per heavy atom. The quantitative estimate of drug-likeness (QED) is 0.238. The highest BCUT2D eigenvalue weighted by Crippen LogP contribution is 2.54. The summed E-state index contributed by atoms with van der Waals surface area (Å²) in [6, 6.07) is 9.57. The van der Waals surface area contributed by atoms with Gasteiger partial charge < -0.3 is 29.5 Å². The molecule has 1 aromatic carbocycles. The molecule has 0 amide bonds. The molecule has 0 saturated carbocycles. The third kappa shape index (κ3) is 4.75. The fraction of sp³-hybridized carbons (Fsp3) is 0.560. The minimum Gasteiger partial charge on any atom is -0.479 e. The summed E-state index contributed by atoms with van der Waals surface area (Å²) in [5.74, 6) is -4.41. The number of aliphatic carboxylic acids is 1. The van der Waals surface area contributed by atoms with Gasteiger partial charge in [-0.3, -0.25) is 9.59 Å². The van der Waals surface area contributed by atoms with Crippen LogP contribution in [0.1, 0.15) is 38.7 Å². The van der Waals surface area contributed by atoms with E-state index in [9.17, 15) is 34.1 Å². The maximum Gasteiger partial charge on any atom is 0.339 e. The molecule has 0 spiro atoms. The van der Waals surface area contributed by atoms with Crippen LogP contribution in [0, 0.1) is 5.92 Å². The molecule has 3 rings (SSSR count). The van der Waals surface area contributed by atoms with E-state index in [-0.39, 0.29) is 25.0 Å². The highest BCUT2D eigenvalue weighted by atomic mass is 19.1. The van der Waals surface area contributed by atoms with Crippen LogP contribution < -0.4 is 0 Å². The van der Waals surface area contributed by atoms with Gasteiger partial charge >= 0.3 is 11.9 Å². The van der Waals surface area contributed by atoms with E-state index in [1.54, 1.807) is 0 Å². The number of hydrogen-bond acceptors (Lipinski definition) is 8. The number of carbonyl (C=O) groups excluding carboxylic acids is 2. The number of esters is 1. The van der Waals surface area contributed by atoms with Gasteiger partial charge in [-0.2, -0.15) is 0 Å².